The molecule has 4 rings (SSSR count). The van der Waals surface area contributed by atoms with Crippen LogP contribution in [0.1, 0.15) is 23.6 Å². The summed E-state index contributed by atoms with van der Waals surface area (Å²) in [5.74, 6) is -0.775. The van der Waals surface area contributed by atoms with E-state index in [4.69, 9.17) is 9.47 Å². The van der Waals surface area contributed by atoms with Gasteiger partial charge in [-0.3, -0.25) is 14.5 Å². The quantitative estimate of drug-likeness (QED) is 0.576. The van der Waals surface area contributed by atoms with Crippen LogP contribution in [0.25, 0.3) is 6.08 Å². The van der Waals surface area contributed by atoms with Gasteiger partial charge in [-0.05, 0) is 35.8 Å². The zero-order valence-electron chi connectivity index (χ0n) is 19.4. The van der Waals surface area contributed by atoms with Crippen molar-refractivity contribution in [3.8, 4) is 5.75 Å². The third kappa shape index (κ3) is 5.38. The van der Waals surface area contributed by atoms with Gasteiger partial charge < -0.3 is 19.5 Å². The number of morpholine rings is 1. The molecule has 2 heterocycles. The van der Waals surface area contributed by atoms with Crippen LogP contribution in [0.4, 0.5) is 0 Å². The molecule has 0 radical (unpaired) electrons. The SMILES string of the molecule is COc1cccc([C@@H]2C(C(=O)/C=C\c3ccccc3)=C(O)C(=O)N2CCCN2CCOCC2)c1. The van der Waals surface area contributed by atoms with E-state index in [1.54, 1.807) is 24.2 Å². The van der Waals surface area contributed by atoms with Crippen molar-refractivity contribution in [3.05, 3.63) is 83.1 Å². The van der Waals surface area contributed by atoms with E-state index in [0.29, 0.717) is 25.5 Å². The fraction of sp³-hybridized carbons (Fsp3) is 0.333. The van der Waals surface area contributed by atoms with Crippen LogP contribution in [-0.4, -0.2) is 73.1 Å². The van der Waals surface area contributed by atoms with Crippen molar-refractivity contribution in [1.82, 2.24) is 9.80 Å². The molecule has 0 aliphatic carbocycles. The molecule has 1 N–H and O–H groups in total. The molecular formula is C27H30N2O5. The number of ketones is 1. The van der Waals surface area contributed by atoms with Crippen molar-refractivity contribution < 1.29 is 24.2 Å². The lowest BCUT2D eigenvalue weighted by molar-refractivity contribution is -0.129. The number of hydrogen-bond acceptors (Lipinski definition) is 6. The summed E-state index contributed by atoms with van der Waals surface area (Å²) in [7, 11) is 1.57. The first-order valence-electron chi connectivity index (χ1n) is 11.5. The number of allylic oxidation sites excluding steroid dienone is 1. The number of aliphatic hydroxyl groups excluding tert-OH is 1. The summed E-state index contributed by atoms with van der Waals surface area (Å²) in [6.45, 7) is 4.39. The molecule has 7 heteroatoms. The Morgan fingerprint density at radius 1 is 1.12 bits per heavy atom. The minimum absolute atomic E-state index is 0.0943. The Balaban J connectivity index is 1.59. The van der Waals surface area contributed by atoms with E-state index >= 15 is 0 Å². The van der Waals surface area contributed by atoms with E-state index < -0.39 is 23.5 Å². The molecule has 2 aromatic carbocycles. The van der Waals surface area contributed by atoms with E-state index in [2.05, 4.69) is 4.90 Å². The number of hydrogen-bond donors (Lipinski definition) is 1. The van der Waals surface area contributed by atoms with E-state index in [0.717, 1.165) is 37.2 Å². The molecule has 7 nitrogen and oxygen atoms in total. The highest BCUT2D eigenvalue weighted by atomic mass is 16.5. The minimum atomic E-state index is -0.680. The number of aliphatic hydroxyl groups is 1. The van der Waals surface area contributed by atoms with Gasteiger partial charge in [0.1, 0.15) is 5.75 Å². The largest absolute Gasteiger partial charge is 0.503 e. The molecule has 2 aliphatic rings. The van der Waals surface area contributed by atoms with Gasteiger partial charge in [0.25, 0.3) is 5.91 Å². The molecule has 2 aliphatic heterocycles. The van der Waals surface area contributed by atoms with Gasteiger partial charge in [-0.1, -0.05) is 48.5 Å². The van der Waals surface area contributed by atoms with Gasteiger partial charge in [0.05, 0.1) is 31.9 Å². The van der Waals surface area contributed by atoms with Crippen LogP contribution < -0.4 is 4.74 Å². The van der Waals surface area contributed by atoms with Crippen LogP contribution in [-0.2, 0) is 14.3 Å². The number of amides is 1. The summed E-state index contributed by atoms with van der Waals surface area (Å²) in [4.78, 5) is 30.2. The molecule has 0 bridgehead atoms. The average Bonchev–Trinajstić information content (AvgIpc) is 3.14. The lowest BCUT2D eigenvalue weighted by Gasteiger charge is -2.30. The third-order valence-electron chi connectivity index (χ3n) is 6.18. The molecule has 1 fully saturated rings. The first kappa shape index (κ1) is 23.7. The summed E-state index contributed by atoms with van der Waals surface area (Å²) in [6, 6.07) is 16.0. The van der Waals surface area contributed by atoms with Gasteiger partial charge in [-0.25, -0.2) is 0 Å². The predicted molar refractivity (Wildman–Crippen MR) is 129 cm³/mol. The van der Waals surface area contributed by atoms with E-state index in [1.165, 1.54) is 6.08 Å². The summed E-state index contributed by atoms with van der Waals surface area (Å²) in [5, 5.41) is 10.8. The Kier molecular flexibility index (Phi) is 7.77. The Labute approximate surface area is 199 Å². The van der Waals surface area contributed by atoms with Crippen LogP contribution in [0, 0.1) is 0 Å². The molecule has 1 atom stereocenters. The van der Waals surface area contributed by atoms with Crippen LogP contribution in [0.2, 0.25) is 0 Å². The second-order valence-corrected chi connectivity index (χ2v) is 8.36. The summed E-state index contributed by atoms with van der Waals surface area (Å²) in [6.07, 6.45) is 3.83. The van der Waals surface area contributed by atoms with Crippen molar-refractivity contribution in [2.45, 2.75) is 12.5 Å². The van der Waals surface area contributed by atoms with Crippen LogP contribution >= 0.6 is 0 Å². The van der Waals surface area contributed by atoms with Gasteiger partial charge in [-0.2, -0.15) is 0 Å². The standard InChI is InChI=1S/C27H30N2O5/c1-33-22-10-5-9-21(19-22)25-24(23(30)12-11-20-7-3-2-4-8-20)26(31)27(32)29(25)14-6-13-28-15-17-34-18-16-28/h2-5,7-12,19,25,31H,6,13-18H2,1H3/b12-11-/t25-/m1/s1. The topological polar surface area (TPSA) is 79.3 Å². The van der Waals surface area contributed by atoms with Crippen LogP contribution in [0.3, 0.4) is 0 Å². The van der Waals surface area contributed by atoms with E-state index in [1.807, 2.05) is 48.5 Å². The molecule has 1 saturated heterocycles. The van der Waals surface area contributed by atoms with Crippen LogP contribution in [0.5, 0.6) is 5.75 Å². The number of benzene rings is 2. The highest BCUT2D eigenvalue weighted by Crippen LogP contribution is 2.39. The lowest BCUT2D eigenvalue weighted by Crippen LogP contribution is -2.39. The number of rotatable bonds is 9. The lowest BCUT2D eigenvalue weighted by atomic mass is 9.95. The first-order valence-corrected chi connectivity index (χ1v) is 11.5. The maximum Gasteiger partial charge on any atom is 0.290 e. The Bertz CT molecular complexity index is 1070. The van der Waals surface area contributed by atoms with Crippen molar-refractivity contribution in [2.24, 2.45) is 0 Å². The first-order chi connectivity index (χ1) is 16.6. The zero-order valence-corrected chi connectivity index (χ0v) is 19.4. The molecule has 1 amide bonds. The average molecular weight is 463 g/mol. The highest BCUT2D eigenvalue weighted by molar-refractivity contribution is 6.14. The second-order valence-electron chi connectivity index (χ2n) is 8.36. The second kappa shape index (κ2) is 11.1. The maximum atomic E-state index is 13.2. The van der Waals surface area contributed by atoms with Crippen molar-refractivity contribution >= 4 is 17.8 Å². The Hall–Kier alpha value is -3.42. The summed E-state index contributed by atoms with van der Waals surface area (Å²) < 4.78 is 10.8. The van der Waals surface area contributed by atoms with Gasteiger partial charge in [-0.15, -0.1) is 0 Å². The third-order valence-corrected chi connectivity index (χ3v) is 6.18. The predicted octanol–water partition coefficient (Wildman–Crippen LogP) is 3.40. The minimum Gasteiger partial charge on any atom is -0.503 e. The number of methoxy groups -OCH3 is 1. The number of carbonyl (C=O) groups is 2. The van der Waals surface area contributed by atoms with E-state index in [9.17, 15) is 14.7 Å². The molecule has 0 spiro atoms. The van der Waals surface area contributed by atoms with E-state index in [-0.39, 0.29) is 5.57 Å². The van der Waals surface area contributed by atoms with Gasteiger partial charge in [0.15, 0.2) is 11.5 Å². The van der Waals surface area contributed by atoms with Gasteiger partial charge in [0, 0.05) is 26.2 Å². The smallest absolute Gasteiger partial charge is 0.290 e. The fourth-order valence-corrected chi connectivity index (χ4v) is 4.41. The Morgan fingerprint density at radius 2 is 1.88 bits per heavy atom. The molecule has 178 valence electrons. The van der Waals surface area contributed by atoms with Crippen molar-refractivity contribution in [1.29, 1.82) is 0 Å². The molecular weight excluding hydrogens is 432 g/mol. The Morgan fingerprint density at radius 3 is 2.62 bits per heavy atom. The fourth-order valence-electron chi connectivity index (χ4n) is 4.41. The van der Waals surface area contributed by atoms with Crippen LogP contribution in [0.15, 0.2) is 72.0 Å². The van der Waals surface area contributed by atoms with Gasteiger partial charge >= 0.3 is 0 Å². The number of carbonyl (C=O) groups excluding carboxylic acids is 2. The number of nitrogens with zero attached hydrogens (tertiary/aromatic N) is 2. The highest BCUT2D eigenvalue weighted by Gasteiger charge is 2.42. The van der Waals surface area contributed by atoms with Crippen molar-refractivity contribution in [3.63, 3.8) is 0 Å². The maximum absolute atomic E-state index is 13.2. The zero-order chi connectivity index (χ0) is 23.9. The van der Waals surface area contributed by atoms with Gasteiger partial charge in [0.2, 0.25) is 0 Å². The molecule has 0 saturated carbocycles. The molecule has 0 unspecified atom stereocenters. The molecule has 0 aromatic heterocycles. The monoisotopic (exact) mass is 462 g/mol. The summed E-state index contributed by atoms with van der Waals surface area (Å²) >= 11 is 0. The van der Waals surface area contributed by atoms with Crippen molar-refractivity contribution in [2.75, 3.05) is 46.5 Å². The normalized spacial score (nSPS) is 19.3. The molecule has 34 heavy (non-hydrogen) atoms. The number of ether oxygens (including phenoxy) is 2. The molecule has 2 aromatic rings. The summed E-state index contributed by atoms with van der Waals surface area (Å²) in [5.41, 5.74) is 1.68.